The topological polar surface area (TPSA) is 21.3 Å². The third-order valence-corrected chi connectivity index (χ3v) is 4.19. The second kappa shape index (κ2) is 8.92. The molecule has 0 aliphatic heterocycles. The fourth-order valence-electron chi connectivity index (χ4n) is 2.08. The number of halogens is 2. The third kappa shape index (κ3) is 5.11. The maximum atomic E-state index is 6.15. The zero-order chi connectivity index (χ0) is 15.8. The molecule has 118 valence electrons. The number of nitrogens with one attached hydrogen (secondary N) is 1. The van der Waals surface area contributed by atoms with Gasteiger partial charge in [0.05, 0.1) is 22.3 Å². The highest BCUT2D eigenvalue weighted by Crippen LogP contribution is 2.29. The number of rotatable bonds is 8. The quantitative estimate of drug-likeness (QED) is 0.581. The highest BCUT2D eigenvalue weighted by atomic mass is 35.5. The molecule has 0 aromatic heterocycles. The van der Waals surface area contributed by atoms with E-state index in [1.54, 1.807) is 6.07 Å². The summed E-state index contributed by atoms with van der Waals surface area (Å²) < 4.78 is 5.70. The summed E-state index contributed by atoms with van der Waals surface area (Å²) in [6.07, 6.45) is 3.52. The lowest BCUT2D eigenvalue weighted by Gasteiger charge is -2.10. The minimum absolute atomic E-state index is 0.556. The van der Waals surface area contributed by atoms with Crippen LogP contribution in [-0.2, 0) is 6.54 Å². The Balaban J connectivity index is 1.85. The molecule has 0 saturated carbocycles. The van der Waals surface area contributed by atoms with Crippen LogP contribution in [-0.4, -0.2) is 6.61 Å². The van der Waals surface area contributed by atoms with Gasteiger partial charge < -0.3 is 10.1 Å². The van der Waals surface area contributed by atoms with Crippen molar-refractivity contribution in [3.63, 3.8) is 0 Å². The molecule has 0 unspecified atom stereocenters. The lowest BCUT2D eigenvalue weighted by Crippen LogP contribution is -2.01. The summed E-state index contributed by atoms with van der Waals surface area (Å²) in [6, 6.07) is 13.7. The van der Waals surface area contributed by atoms with Gasteiger partial charge in [0.25, 0.3) is 0 Å². The van der Waals surface area contributed by atoms with Crippen LogP contribution in [0.4, 0.5) is 5.69 Å². The van der Waals surface area contributed by atoms with Crippen LogP contribution < -0.4 is 10.1 Å². The average molecular weight is 338 g/mol. The molecule has 0 bridgehead atoms. The van der Waals surface area contributed by atoms with Crippen LogP contribution in [0, 0.1) is 0 Å². The van der Waals surface area contributed by atoms with Crippen molar-refractivity contribution < 1.29 is 4.74 Å². The molecule has 4 heteroatoms. The first-order chi connectivity index (χ1) is 10.7. The molecule has 0 fully saturated rings. The summed E-state index contributed by atoms with van der Waals surface area (Å²) in [7, 11) is 0. The minimum Gasteiger partial charge on any atom is -0.494 e. The second-order valence-corrected chi connectivity index (χ2v) is 5.94. The maximum Gasteiger partial charge on any atom is 0.119 e. The number of anilines is 1. The van der Waals surface area contributed by atoms with E-state index in [-0.39, 0.29) is 0 Å². The Morgan fingerprint density at radius 3 is 2.50 bits per heavy atom. The Morgan fingerprint density at radius 2 is 1.77 bits per heavy atom. The van der Waals surface area contributed by atoms with Crippen LogP contribution in [0.3, 0.4) is 0 Å². The molecule has 0 aliphatic carbocycles. The Kier molecular flexibility index (Phi) is 6.88. The zero-order valence-electron chi connectivity index (χ0n) is 12.7. The molecule has 22 heavy (non-hydrogen) atoms. The summed E-state index contributed by atoms with van der Waals surface area (Å²) in [5, 5.41) is 4.41. The van der Waals surface area contributed by atoms with Gasteiger partial charge in [-0.1, -0.05) is 61.2 Å². The highest BCUT2D eigenvalue weighted by Gasteiger charge is 2.03. The van der Waals surface area contributed by atoms with E-state index in [9.17, 15) is 0 Å². The summed E-state index contributed by atoms with van der Waals surface area (Å²) in [5.41, 5.74) is 2.01. The summed E-state index contributed by atoms with van der Waals surface area (Å²) in [6.45, 7) is 3.66. The van der Waals surface area contributed by atoms with Crippen LogP contribution in [0.1, 0.15) is 31.7 Å². The number of hydrogen-bond acceptors (Lipinski definition) is 2. The van der Waals surface area contributed by atoms with E-state index in [4.69, 9.17) is 27.9 Å². The molecule has 0 amide bonds. The Bertz CT molecular complexity index is 584. The van der Waals surface area contributed by atoms with E-state index < -0.39 is 0 Å². The minimum atomic E-state index is 0.556. The third-order valence-electron chi connectivity index (χ3n) is 3.37. The molecule has 0 radical (unpaired) electrons. The van der Waals surface area contributed by atoms with Crippen molar-refractivity contribution in [1.82, 2.24) is 0 Å². The highest BCUT2D eigenvalue weighted by molar-refractivity contribution is 6.43. The van der Waals surface area contributed by atoms with E-state index >= 15 is 0 Å². The summed E-state index contributed by atoms with van der Waals surface area (Å²) in [5.74, 6) is 0.917. The molecule has 2 nitrogen and oxygen atoms in total. The molecule has 2 aromatic carbocycles. The lowest BCUT2D eigenvalue weighted by molar-refractivity contribution is 0.306. The fraction of sp³-hybridized carbons (Fsp3) is 0.333. The van der Waals surface area contributed by atoms with Crippen molar-refractivity contribution in [2.45, 2.75) is 32.7 Å². The lowest BCUT2D eigenvalue weighted by atomic mass is 10.2. The SMILES string of the molecule is CCCCCOc1ccc(CNc2cccc(Cl)c2Cl)cc1. The maximum absolute atomic E-state index is 6.15. The average Bonchev–Trinajstić information content (AvgIpc) is 2.54. The first-order valence-electron chi connectivity index (χ1n) is 7.60. The number of hydrogen-bond donors (Lipinski definition) is 1. The Labute approximate surface area is 142 Å². The van der Waals surface area contributed by atoms with E-state index in [0.717, 1.165) is 30.0 Å². The number of benzene rings is 2. The van der Waals surface area contributed by atoms with Gasteiger partial charge in [-0.3, -0.25) is 0 Å². The molecule has 0 atom stereocenters. The van der Waals surface area contributed by atoms with E-state index in [1.807, 2.05) is 24.3 Å². The molecule has 1 N–H and O–H groups in total. The number of ether oxygens (including phenoxy) is 1. The second-order valence-electron chi connectivity index (χ2n) is 5.15. The molecule has 0 heterocycles. The summed E-state index contributed by atoms with van der Waals surface area (Å²) in [4.78, 5) is 0. The molecule has 0 saturated heterocycles. The van der Waals surface area contributed by atoms with Crippen molar-refractivity contribution >= 4 is 28.9 Å². The van der Waals surface area contributed by atoms with Gasteiger partial charge in [0.15, 0.2) is 0 Å². The summed E-state index contributed by atoms with van der Waals surface area (Å²) >= 11 is 12.2. The normalized spacial score (nSPS) is 10.5. The van der Waals surface area contributed by atoms with Crippen LogP contribution in [0.15, 0.2) is 42.5 Å². The van der Waals surface area contributed by atoms with Gasteiger partial charge in [-0.05, 0) is 36.2 Å². The van der Waals surface area contributed by atoms with Crippen LogP contribution >= 0.6 is 23.2 Å². The van der Waals surface area contributed by atoms with Crippen molar-refractivity contribution in [2.75, 3.05) is 11.9 Å². The van der Waals surface area contributed by atoms with Gasteiger partial charge in [-0.2, -0.15) is 0 Å². The van der Waals surface area contributed by atoms with Gasteiger partial charge in [0.1, 0.15) is 5.75 Å². The smallest absolute Gasteiger partial charge is 0.119 e. The first kappa shape index (κ1) is 17.0. The predicted octanol–water partition coefficient (Wildman–Crippen LogP) is 6.17. The number of unbranched alkanes of at least 4 members (excludes halogenated alkanes) is 2. The molecule has 2 rings (SSSR count). The van der Waals surface area contributed by atoms with Crippen molar-refractivity contribution in [3.8, 4) is 5.75 Å². The van der Waals surface area contributed by atoms with Gasteiger partial charge in [0.2, 0.25) is 0 Å². The van der Waals surface area contributed by atoms with Gasteiger partial charge in [-0.25, -0.2) is 0 Å². The predicted molar refractivity (Wildman–Crippen MR) is 95.3 cm³/mol. The van der Waals surface area contributed by atoms with E-state index in [0.29, 0.717) is 16.6 Å². The molecule has 2 aromatic rings. The van der Waals surface area contributed by atoms with Crippen molar-refractivity contribution in [2.24, 2.45) is 0 Å². The molecular weight excluding hydrogens is 317 g/mol. The van der Waals surface area contributed by atoms with Gasteiger partial charge in [0, 0.05) is 6.54 Å². The van der Waals surface area contributed by atoms with E-state index in [1.165, 1.54) is 12.8 Å². The largest absolute Gasteiger partial charge is 0.494 e. The standard InChI is InChI=1S/C18H21Cl2NO/c1-2-3-4-12-22-15-10-8-14(9-11-15)13-21-17-7-5-6-16(19)18(17)20/h5-11,21H,2-4,12-13H2,1H3. The fourth-order valence-corrected chi connectivity index (χ4v) is 2.45. The first-order valence-corrected chi connectivity index (χ1v) is 8.36. The zero-order valence-corrected chi connectivity index (χ0v) is 14.3. The van der Waals surface area contributed by atoms with Gasteiger partial charge in [-0.15, -0.1) is 0 Å². The van der Waals surface area contributed by atoms with Crippen molar-refractivity contribution in [1.29, 1.82) is 0 Å². The molecular formula is C18H21Cl2NO. The van der Waals surface area contributed by atoms with Gasteiger partial charge >= 0.3 is 0 Å². The monoisotopic (exact) mass is 337 g/mol. The van der Waals surface area contributed by atoms with E-state index in [2.05, 4.69) is 24.4 Å². The molecule has 0 aliphatic rings. The Hall–Kier alpha value is -1.38. The van der Waals surface area contributed by atoms with Crippen LogP contribution in [0.25, 0.3) is 0 Å². The van der Waals surface area contributed by atoms with Crippen molar-refractivity contribution in [3.05, 3.63) is 58.1 Å². The van der Waals surface area contributed by atoms with Crippen LogP contribution in [0.2, 0.25) is 10.0 Å². The molecule has 0 spiro atoms. The van der Waals surface area contributed by atoms with Crippen LogP contribution in [0.5, 0.6) is 5.75 Å². The Morgan fingerprint density at radius 1 is 1.00 bits per heavy atom.